The van der Waals surface area contributed by atoms with Gasteiger partial charge in [-0.1, -0.05) is 31.2 Å². The van der Waals surface area contributed by atoms with Crippen LogP contribution in [-0.2, 0) is 0 Å². The number of nitrogens with zero attached hydrogens (tertiary/aromatic N) is 1. The number of carbonyl (C=O) groups excluding carboxylic acids is 2. The average molecular weight is 353 g/mol. The average Bonchev–Trinajstić information content (AvgIpc) is 3.34. The van der Waals surface area contributed by atoms with Crippen LogP contribution in [0.4, 0.5) is 0 Å². The Hall–Kier alpha value is -2.73. The highest BCUT2D eigenvalue weighted by molar-refractivity contribution is 5.98. The van der Waals surface area contributed by atoms with E-state index in [-0.39, 0.29) is 23.3 Å². The third-order valence-electron chi connectivity index (χ3n) is 4.76. The number of aromatic nitrogens is 1. The minimum atomic E-state index is -1.02. The van der Waals surface area contributed by atoms with E-state index in [0.717, 1.165) is 12.0 Å². The zero-order valence-corrected chi connectivity index (χ0v) is 15.1. The smallest absolute Gasteiger partial charge is 0.269 e. The third kappa shape index (κ3) is 3.75. The Kier molecular flexibility index (Phi) is 5.04. The van der Waals surface area contributed by atoms with E-state index in [1.54, 1.807) is 12.1 Å². The number of hydrogen-bond donors (Lipinski definition) is 3. The number of amides is 2. The zero-order valence-electron chi connectivity index (χ0n) is 15.1. The van der Waals surface area contributed by atoms with E-state index in [0.29, 0.717) is 17.0 Å². The van der Waals surface area contributed by atoms with Crippen LogP contribution in [0.15, 0.2) is 36.4 Å². The van der Waals surface area contributed by atoms with Crippen LogP contribution in [0.25, 0.3) is 0 Å². The first-order chi connectivity index (χ1) is 12.4. The quantitative estimate of drug-likeness (QED) is 0.766. The zero-order chi connectivity index (χ0) is 18.8. The molecule has 0 bridgehead atoms. The van der Waals surface area contributed by atoms with Gasteiger partial charge in [-0.3, -0.25) is 9.59 Å². The van der Waals surface area contributed by atoms with Crippen LogP contribution in [0.2, 0.25) is 0 Å². The fraction of sp³-hybridized carbons (Fsp3) is 0.350. The lowest BCUT2D eigenvalue weighted by atomic mass is 9.99. The van der Waals surface area contributed by atoms with E-state index in [4.69, 9.17) is 0 Å². The van der Waals surface area contributed by atoms with Gasteiger partial charge >= 0.3 is 0 Å². The van der Waals surface area contributed by atoms with E-state index in [1.807, 2.05) is 25.1 Å². The number of aliphatic hydroxyl groups is 1. The van der Waals surface area contributed by atoms with Crippen molar-refractivity contribution in [2.24, 2.45) is 5.92 Å². The van der Waals surface area contributed by atoms with Gasteiger partial charge in [-0.25, -0.2) is 4.98 Å². The summed E-state index contributed by atoms with van der Waals surface area (Å²) in [6, 6.07) is 10.6. The lowest BCUT2D eigenvalue weighted by Gasteiger charge is -2.15. The van der Waals surface area contributed by atoms with E-state index in [9.17, 15) is 14.7 Å². The Labute approximate surface area is 152 Å². The van der Waals surface area contributed by atoms with E-state index >= 15 is 0 Å². The second-order valence-corrected chi connectivity index (χ2v) is 6.80. The van der Waals surface area contributed by atoms with E-state index in [1.165, 1.54) is 13.1 Å². The van der Waals surface area contributed by atoms with Gasteiger partial charge in [0.2, 0.25) is 0 Å². The van der Waals surface area contributed by atoms with Crippen LogP contribution in [0.5, 0.6) is 0 Å². The summed E-state index contributed by atoms with van der Waals surface area (Å²) in [5.41, 5.74) is 2.29. The Morgan fingerprint density at radius 2 is 1.92 bits per heavy atom. The molecule has 2 aromatic rings. The lowest BCUT2D eigenvalue weighted by molar-refractivity contribution is 0.0949. The summed E-state index contributed by atoms with van der Waals surface area (Å²) < 4.78 is 0. The van der Waals surface area contributed by atoms with E-state index < -0.39 is 12.0 Å². The molecule has 1 aliphatic rings. The molecule has 3 N–H and O–H groups in total. The van der Waals surface area contributed by atoms with Gasteiger partial charge in [0.1, 0.15) is 11.8 Å². The number of rotatable bonds is 5. The van der Waals surface area contributed by atoms with Crippen molar-refractivity contribution in [2.45, 2.75) is 32.4 Å². The fourth-order valence-corrected chi connectivity index (χ4v) is 2.90. The van der Waals surface area contributed by atoms with Gasteiger partial charge in [-0.05, 0) is 42.5 Å². The molecular weight excluding hydrogens is 330 g/mol. The molecule has 0 aliphatic heterocycles. The van der Waals surface area contributed by atoms with Crippen LogP contribution in [0.3, 0.4) is 0 Å². The molecule has 1 heterocycles. The maximum absolute atomic E-state index is 12.5. The molecule has 1 aromatic carbocycles. The summed E-state index contributed by atoms with van der Waals surface area (Å²) in [6.07, 6.45) is -0.0649. The maximum atomic E-state index is 12.5. The van der Waals surface area contributed by atoms with Crippen molar-refractivity contribution in [1.29, 1.82) is 0 Å². The van der Waals surface area contributed by atoms with Gasteiger partial charge in [0.25, 0.3) is 11.8 Å². The highest BCUT2D eigenvalue weighted by atomic mass is 16.3. The Bertz CT molecular complexity index is 850. The molecule has 1 aromatic heterocycles. The summed E-state index contributed by atoms with van der Waals surface area (Å²) in [5.74, 6) is -0.195. The highest BCUT2D eigenvalue weighted by Crippen LogP contribution is 2.30. The fourth-order valence-electron chi connectivity index (χ4n) is 2.90. The van der Waals surface area contributed by atoms with E-state index in [2.05, 4.69) is 22.5 Å². The van der Waals surface area contributed by atoms with Crippen molar-refractivity contribution in [1.82, 2.24) is 15.6 Å². The second kappa shape index (κ2) is 7.25. The first-order valence-corrected chi connectivity index (χ1v) is 8.69. The van der Waals surface area contributed by atoms with Gasteiger partial charge in [-0.15, -0.1) is 0 Å². The number of pyridine rings is 1. The van der Waals surface area contributed by atoms with Crippen molar-refractivity contribution in [3.8, 4) is 0 Å². The van der Waals surface area contributed by atoms with Crippen molar-refractivity contribution >= 4 is 11.8 Å². The van der Waals surface area contributed by atoms with Gasteiger partial charge in [0, 0.05) is 18.7 Å². The van der Waals surface area contributed by atoms with Gasteiger partial charge in [-0.2, -0.15) is 0 Å². The van der Waals surface area contributed by atoms with Crippen LogP contribution < -0.4 is 10.6 Å². The second-order valence-electron chi connectivity index (χ2n) is 6.80. The van der Waals surface area contributed by atoms with Crippen LogP contribution in [-0.4, -0.2) is 35.0 Å². The highest BCUT2D eigenvalue weighted by Gasteiger charge is 2.34. The predicted molar refractivity (Wildman–Crippen MR) is 97.9 cm³/mol. The summed E-state index contributed by atoms with van der Waals surface area (Å²) in [4.78, 5) is 28.9. The number of carbonyl (C=O) groups is 2. The minimum Gasteiger partial charge on any atom is -0.382 e. The SMILES string of the molecule is CNC(=O)c1cc(C(=O)N[C@H]2C[C@@H]2C)cc(C(O)c2ccccc2C)n1. The topological polar surface area (TPSA) is 91.3 Å². The summed E-state index contributed by atoms with van der Waals surface area (Å²) in [7, 11) is 1.50. The van der Waals surface area contributed by atoms with Crippen LogP contribution in [0, 0.1) is 12.8 Å². The summed E-state index contributed by atoms with van der Waals surface area (Å²) in [5, 5.41) is 16.2. The molecule has 0 spiro atoms. The van der Waals surface area contributed by atoms with Gasteiger partial charge in [0.15, 0.2) is 0 Å². The third-order valence-corrected chi connectivity index (χ3v) is 4.76. The molecule has 0 radical (unpaired) electrons. The molecule has 2 amide bonds. The summed E-state index contributed by atoms with van der Waals surface area (Å²) >= 11 is 0. The minimum absolute atomic E-state index is 0.103. The molecule has 3 rings (SSSR count). The van der Waals surface area contributed by atoms with Crippen LogP contribution >= 0.6 is 0 Å². The molecule has 136 valence electrons. The molecule has 26 heavy (non-hydrogen) atoms. The molecule has 6 nitrogen and oxygen atoms in total. The van der Waals surface area contributed by atoms with Gasteiger partial charge in [0.05, 0.1) is 5.69 Å². The van der Waals surface area contributed by atoms with Crippen molar-refractivity contribution < 1.29 is 14.7 Å². The largest absolute Gasteiger partial charge is 0.382 e. The predicted octanol–water partition coefficient (Wildman–Crippen LogP) is 1.97. The molecular formula is C20H23N3O3. The molecule has 1 saturated carbocycles. The van der Waals surface area contributed by atoms with Crippen LogP contribution in [0.1, 0.15) is 57.1 Å². The summed E-state index contributed by atoms with van der Waals surface area (Å²) in [6.45, 7) is 3.96. The van der Waals surface area contributed by atoms with Crippen molar-refractivity contribution in [3.63, 3.8) is 0 Å². The molecule has 1 unspecified atom stereocenters. The number of hydrogen-bond acceptors (Lipinski definition) is 4. The number of aryl methyl sites for hydroxylation is 1. The lowest BCUT2D eigenvalue weighted by Crippen LogP contribution is -2.28. The first kappa shape index (κ1) is 18.1. The molecule has 1 fully saturated rings. The number of benzene rings is 1. The number of aliphatic hydroxyl groups excluding tert-OH is 1. The standard InChI is InChI=1S/C20H23N3O3/c1-11-6-4-5-7-14(11)18(24)16-9-13(10-17(22-16)20(26)21-3)19(25)23-15-8-12(15)2/h4-7,9-10,12,15,18,24H,8H2,1-3H3,(H,21,26)(H,23,25)/t12-,15-,18?/m0/s1. The molecule has 6 heteroatoms. The monoisotopic (exact) mass is 353 g/mol. The molecule has 3 atom stereocenters. The van der Waals surface area contributed by atoms with Crippen molar-refractivity contribution in [2.75, 3.05) is 7.05 Å². The normalized spacial score (nSPS) is 19.5. The Morgan fingerprint density at radius 3 is 2.54 bits per heavy atom. The molecule has 0 saturated heterocycles. The Balaban J connectivity index is 1.98. The maximum Gasteiger partial charge on any atom is 0.269 e. The Morgan fingerprint density at radius 1 is 1.23 bits per heavy atom. The first-order valence-electron chi connectivity index (χ1n) is 8.69. The van der Waals surface area contributed by atoms with Crippen molar-refractivity contribution in [3.05, 3.63) is 64.5 Å². The number of nitrogens with one attached hydrogen (secondary N) is 2. The molecule has 1 aliphatic carbocycles. The van der Waals surface area contributed by atoms with Gasteiger partial charge < -0.3 is 15.7 Å².